The van der Waals surface area contributed by atoms with Crippen LogP contribution in [0.15, 0.2) is 53.4 Å². The number of alkyl halides is 6. The van der Waals surface area contributed by atoms with Gasteiger partial charge in [0.25, 0.3) is 0 Å². The smallest absolute Gasteiger partial charge is 0.422 e. The summed E-state index contributed by atoms with van der Waals surface area (Å²) in [5.74, 6) is -0.499. The van der Waals surface area contributed by atoms with E-state index < -0.39 is 40.6 Å². The number of rotatable bonds is 8. The maximum Gasteiger partial charge on any atom is 0.422 e. The van der Waals surface area contributed by atoms with Gasteiger partial charge in [0, 0.05) is 51.6 Å². The minimum absolute atomic E-state index is 0.0125. The van der Waals surface area contributed by atoms with E-state index in [1.165, 1.54) is 27.4 Å². The van der Waals surface area contributed by atoms with Gasteiger partial charge >= 0.3 is 18.4 Å². The van der Waals surface area contributed by atoms with Crippen LogP contribution in [0.1, 0.15) is 5.56 Å². The summed E-state index contributed by atoms with van der Waals surface area (Å²) in [5, 5.41) is 2.54. The molecule has 2 heterocycles. The molecule has 0 amide bonds. The number of hydrogen-bond donors (Lipinski definition) is 1. The second-order valence-corrected chi connectivity index (χ2v) is 11.1. The molecule has 0 atom stereocenters. The Morgan fingerprint density at radius 3 is 2.17 bits per heavy atom. The van der Waals surface area contributed by atoms with Crippen LogP contribution in [0.2, 0.25) is 0 Å². The number of aromatic nitrogens is 3. The highest BCUT2D eigenvalue weighted by Crippen LogP contribution is 2.31. The SMILES string of the molecule is CN(C)c1ccc(S(=O)(=O)N2CCN(c3nc(Nc4cccc(C(F)(F)F)c4)nc(OCC(F)(F)F)n3)CC2)cc1. The van der Waals surface area contributed by atoms with Crippen molar-refractivity contribution in [2.75, 3.05) is 62.0 Å². The van der Waals surface area contributed by atoms with Crippen molar-refractivity contribution in [3.63, 3.8) is 0 Å². The fraction of sp³-hybridized carbons (Fsp3) is 0.375. The Bertz CT molecular complexity index is 1460. The summed E-state index contributed by atoms with van der Waals surface area (Å²) in [6, 6.07) is 9.72. The average molecular weight is 606 g/mol. The lowest BCUT2D eigenvalue weighted by Gasteiger charge is -2.34. The summed E-state index contributed by atoms with van der Waals surface area (Å²) >= 11 is 0. The number of nitrogens with one attached hydrogen (secondary N) is 1. The van der Waals surface area contributed by atoms with Gasteiger partial charge < -0.3 is 19.9 Å². The molecule has 1 fully saturated rings. The Hall–Kier alpha value is -3.86. The van der Waals surface area contributed by atoms with E-state index in [1.54, 1.807) is 12.1 Å². The summed E-state index contributed by atoms with van der Waals surface area (Å²) in [7, 11) is -0.180. The number of halogens is 6. The maximum absolute atomic E-state index is 13.1. The van der Waals surface area contributed by atoms with Crippen LogP contribution in [0.4, 0.5) is 49.6 Å². The molecule has 1 aliphatic heterocycles. The fourth-order valence-corrected chi connectivity index (χ4v) is 5.27. The normalized spacial score (nSPS) is 15.1. The molecule has 0 aliphatic carbocycles. The van der Waals surface area contributed by atoms with Gasteiger partial charge in [0.05, 0.1) is 10.5 Å². The van der Waals surface area contributed by atoms with Crippen molar-refractivity contribution in [2.24, 2.45) is 0 Å². The number of anilines is 4. The van der Waals surface area contributed by atoms with Gasteiger partial charge in [-0.1, -0.05) is 6.07 Å². The quantitative estimate of drug-likeness (QED) is 0.380. The molecule has 1 saturated heterocycles. The van der Waals surface area contributed by atoms with Crippen LogP contribution >= 0.6 is 0 Å². The predicted octanol–water partition coefficient (Wildman–Crippen LogP) is 4.15. The molecule has 3 aromatic rings. The van der Waals surface area contributed by atoms with E-state index in [0.29, 0.717) is 0 Å². The molecule has 0 radical (unpaired) electrons. The standard InChI is InChI=1S/C24H25F6N7O3S/c1-35(2)18-6-8-19(9-7-18)41(38,39)37-12-10-36(11-13-37)21-32-20(33-22(34-21)40-15-23(25,26)27)31-17-5-3-4-16(14-17)24(28,29)30/h3-9,14H,10-13,15H2,1-2H3,(H,31,32,33,34). The molecular weight excluding hydrogens is 580 g/mol. The third kappa shape index (κ3) is 7.66. The van der Waals surface area contributed by atoms with Crippen molar-refractivity contribution < 1.29 is 39.5 Å². The van der Waals surface area contributed by atoms with E-state index in [9.17, 15) is 34.8 Å². The Morgan fingerprint density at radius 2 is 1.59 bits per heavy atom. The molecule has 41 heavy (non-hydrogen) atoms. The zero-order chi connectivity index (χ0) is 30.0. The van der Waals surface area contributed by atoms with Gasteiger partial charge in [-0.2, -0.15) is 45.6 Å². The molecule has 0 unspecified atom stereocenters. The molecule has 1 aromatic heterocycles. The molecule has 10 nitrogen and oxygen atoms in total. The third-order valence-electron chi connectivity index (χ3n) is 5.93. The average Bonchev–Trinajstić information content (AvgIpc) is 2.91. The number of ether oxygens (including phenoxy) is 1. The summed E-state index contributed by atoms with van der Waals surface area (Å²) in [6.07, 6.45) is -9.33. The molecule has 1 aliphatic rings. The Labute approximate surface area is 231 Å². The van der Waals surface area contributed by atoms with E-state index in [0.717, 1.165) is 23.9 Å². The van der Waals surface area contributed by atoms with E-state index in [4.69, 9.17) is 0 Å². The summed E-state index contributed by atoms with van der Waals surface area (Å²) in [4.78, 5) is 15.3. The zero-order valence-electron chi connectivity index (χ0n) is 21.7. The van der Waals surface area contributed by atoms with Gasteiger partial charge in [0.15, 0.2) is 6.61 Å². The number of piperazine rings is 1. The molecule has 0 saturated carbocycles. The summed E-state index contributed by atoms with van der Waals surface area (Å²) in [6.45, 7) is -1.54. The first-order valence-corrected chi connectivity index (χ1v) is 13.5. The van der Waals surface area contributed by atoms with Crippen LogP contribution in [-0.2, 0) is 16.2 Å². The van der Waals surface area contributed by atoms with Crippen LogP contribution in [-0.4, -0.2) is 80.7 Å². The Kier molecular flexibility index (Phi) is 8.49. The third-order valence-corrected chi connectivity index (χ3v) is 7.84. The van der Waals surface area contributed by atoms with Gasteiger partial charge in [0.1, 0.15) is 0 Å². The monoisotopic (exact) mass is 605 g/mol. The van der Waals surface area contributed by atoms with Gasteiger partial charge in [-0.3, -0.25) is 0 Å². The van der Waals surface area contributed by atoms with Crippen molar-refractivity contribution in [3.05, 3.63) is 54.1 Å². The van der Waals surface area contributed by atoms with Crippen LogP contribution < -0.4 is 19.9 Å². The van der Waals surface area contributed by atoms with E-state index in [2.05, 4.69) is 25.0 Å². The number of hydrogen-bond acceptors (Lipinski definition) is 9. The highest BCUT2D eigenvalue weighted by molar-refractivity contribution is 7.89. The molecule has 0 bridgehead atoms. The molecular formula is C24H25F6N7O3S. The lowest BCUT2D eigenvalue weighted by Crippen LogP contribution is -2.49. The van der Waals surface area contributed by atoms with Crippen LogP contribution in [0.25, 0.3) is 0 Å². The number of sulfonamides is 1. The molecule has 2 aromatic carbocycles. The highest BCUT2D eigenvalue weighted by atomic mass is 32.2. The van der Waals surface area contributed by atoms with Crippen LogP contribution in [0, 0.1) is 0 Å². The van der Waals surface area contributed by atoms with Gasteiger partial charge in [-0.15, -0.1) is 0 Å². The Morgan fingerprint density at radius 1 is 0.927 bits per heavy atom. The Balaban J connectivity index is 1.54. The van der Waals surface area contributed by atoms with Crippen molar-refractivity contribution in [1.82, 2.24) is 19.3 Å². The van der Waals surface area contributed by atoms with Crippen molar-refractivity contribution in [3.8, 4) is 6.01 Å². The minimum atomic E-state index is -4.70. The lowest BCUT2D eigenvalue weighted by atomic mass is 10.2. The number of nitrogens with zero attached hydrogens (tertiary/aromatic N) is 6. The van der Waals surface area contributed by atoms with Crippen molar-refractivity contribution in [1.29, 1.82) is 0 Å². The van der Waals surface area contributed by atoms with E-state index in [-0.39, 0.29) is 48.7 Å². The van der Waals surface area contributed by atoms with Crippen LogP contribution in [0.3, 0.4) is 0 Å². The van der Waals surface area contributed by atoms with Crippen molar-refractivity contribution >= 4 is 33.3 Å². The minimum Gasteiger partial charge on any atom is -0.454 e. The van der Waals surface area contributed by atoms with E-state index in [1.807, 2.05) is 19.0 Å². The second-order valence-electron chi connectivity index (χ2n) is 9.13. The number of benzene rings is 2. The van der Waals surface area contributed by atoms with E-state index >= 15 is 0 Å². The lowest BCUT2D eigenvalue weighted by molar-refractivity contribution is -0.154. The molecule has 4 rings (SSSR count). The van der Waals surface area contributed by atoms with Crippen molar-refractivity contribution in [2.45, 2.75) is 17.2 Å². The first-order chi connectivity index (χ1) is 19.1. The van der Waals surface area contributed by atoms with Crippen LogP contribution in [0.5, 0.6) is 6.01 Å². The summed E-state index contributed by atoms with van der Waals surface area (Å²) < 4.78 is 110. The highest BCUT2D eigenvalue weighted by Gasteiger charge is 2.32. The fourth-order valence-electron chi connectivity index (χ4n) is 3.85. The molecule has 1 N–H and O–H groups in total. The van der Waals surface area contributed by atoms with Gasteiger partial charge in [-0.25, -0.2) is 8.42 Å². The second kappa shape index (κ2) is 11.6. The van der Waals surface area contributed by atoms with Gasteiger partial charge in [-0.05, 0) is 42.5 Å². The maximum atomic E-state index is 13.1. The van der Waals surface area contributed by atoms with Gasteiger partial charge in [0.2, 0.25) is 21.9 Å². The molecule has 17 heteroatoms. The summed E-state index contributed by atoms with van der Waals surface area (Å²) in [5.41, 5.74) is -0.212. The predicted molar refractivity (Wildman–Crippen MR) is 138 cm³/mol. The zero-order valence-corrected chi connectivity index (χ0v) is 22.6. The molecule has 222 valence electrons. The first kappa shape index (κ1) is 30.1. The largest absolute Gasteiger partial charge is 0.454 e. The topological polar surface area (TPSA) is 104 Å². The molecule has 0 spiro atoms. The first-order valence-electron chi connectivity index (χ1n) is 12.0.